The van der Waals surface area contributed by atoms with Crippen LogP contribution >= 0.6 is 15.6 Å². The summed E-state index contributed by atoms with van der Waals surface area (Å²) in [5.41, 5.74) is -1.56. The molecule has 0 spiro atoms. The van der Waals surface area contributed by atoms with Crippen LogP contribution in [-0.4, -0.2) is 90.5 Å². The second-order valence-electron chi connectivity index (χ2n) is 7.93. The average Bonchev–Trinajstić information content (AvgIpc) is 2.76. The molecule has 0 bridgehead atoms. The van der Waals surface area contributed by atoms with E-state index in [1.807, 2.05) is 4.98 Å². The van der Waals surface area contributed by atoms with Crippen LogP contribution in [0.5, 0.6) is 0 Å². The molecule has 20 heteroatoms. The molecule has 37 heavy (non-hydrogen) atoms. The zero-order valence-corrected chi connectivity index (χ0v) is 21.4. The van der Waals surface area contributed by atoms with Gasteiger partial charge in [0.25, 0.3) is 5.56 Å². The molecule has 0 radical (unpaired) electrons. The molecule has 1 aromatic rings. The summed E-state index contributed by atoms with van der Waals surface area (Å²) in [6.07, 6.45) is -6.20. The molecule has 1 saturated heterocycles. The molecular weight excluding hydrogens is 548 g/mol. The Morgan fingerprint density at radius 2 is 2.00 bits per heavy atom. The van der Waals surface area contributed by atoms with E-state index in [1.165, 1.54) is 13.8 Å². The number of phosphoric acid groups is 2. The van der Waals surface area contributed by atoms with Crippen LogP contribution in [0.2, 0.25) is 0 Å². The molecular formula is C17H29N3O15P2. The van der Waals surface area contributed by atoms with Crippen molar-refractivity contribution < 1.29 is 61.9 Å². The Labute approximate surface area is 208 Å². The van der Waals surface area contributed by atoms with E-state index in [9.17, 15) is 48.6 Å². The lowest BCUT2D eigenvalue weighted by Crippen LogP contribution is -2.55. The summed E-state index contributed by atoms with van der Waals surface area (Å²) in [6, 6.07) is 0.0793. The van der Waals surface area contributed by atoms with Crippen LogP contribution in [-0.2, 0) is 43.5 Å². The number of ether oxygens (including phenoxy) is 2. The van der Waals surface area contributed by atoms with Gasteiger partial charge in [0.05, 0.1) is 25.4 Å². The molecule has 2 rings (SSSR count). The first-order valence-electron chi connectivity index (χ1n) is 10.6. The Hall–Kier alpha value is -1.79. The van der Waals surface area contributed by atoms with Crippen molar-refractivity contribution in [1.82, 2.24) is 14.9 Å². The zero-order valence-electron chi connectivity index (χ0n) is 19.6. The highest BCUT2D eigenvalue weighted by Gasteiger charge is 2.44. The Bertz CT molecular complexity index is 1130. The molecule has 1 aliphatic heterocycles. The zero-order chi connectivity index (χ0) is 28.0. The van der Waals surface area contributed by atoms with Gasteiger partial charge in [0, 0.05) is 19.2 Å². The first-order chi connectivity index (χ1) is 17.1. The highest BCUT2D eigenvalue weighted by Crippen LogP contribution is 2.61. The maximum absolute atomic E-state index is 12.3. The number of carbonyl (C=O) groups excluding carboxylic acids is 1. The second kappa shape index (κ2) is 13.3. The van der Waals surface area contributed by atoms with Gasteiger partial charge in [-0.3, -0.25) is 28.2 Å². The Kier molecular flexibility index (Phi) is 11.3. The minimum Gasteiger partial charge on any atom is -0.394 e. The van der Waals surface area contributed by atoms with Gasteiger partial charge in [-0.2, -0.15) is 4.31 Å². The molecule has 18 nitrogen and oxygen atoms in total. The summed E-state index contributed by atoms with van der Waals surface area (Å²) in [4.78, 5) is 55.9. The van der Waals surface area contributed by atoms with Crippen molar-refractivity contribution in [3.05, 3.63) is 33.1 Å². The van der Waals surface area contributed by atoms with Gasteiger partial charge in [0.2, 0.25) is 5.91 Å². The van der Waals surface area contributed by atoms with Crippen molar-refractivity contribution in [2.24, 2.45) is 0 Å². The van der Waals surface area contributed by atoms with Crippen LogP contribution in [0.4, 0.5) is 0 Å². The second-order valence-corrected chi connectivity index (χ2v) is 10.9. The number of hydrogen-bond donors (Lipinski definition) is 7. The van der Waals surface area contributed by atoms with E-state index in [0.29, 0.717) is 0 Å². The highest BCUT2D eigenvalue weighted by atomic mass is 31.3. The number of aliphatic hydroxyl groups is 3. The van der Waals surface area contributed by atoms with Gasteiger partial charge >= 0.3 is 21.3 Å². The molecule has 212 valence electrons. The number of aromatic nitrogens is 2. The lowest BCUT2D eigenvalue weighted by atomic mass is 10.0. The number of aliphatic hydroxyl groups excluding tert-OH is 3. The summed E-state index contributed by atoms with van der Waals surface area (Å²) in [5.74, 6) is -0.499. The predicted octanol–water partition coefficient (Wildman–Crippen LogP) is -2.52. The first kappa shape index (κ1) is 31.4. The standard InChI is InChI=1S/C17H29N3O15P2/c1-9-5-11(18-10(2)22)15(25)16(33-9)34-37(29,30)35-36(27,28)32-7-13(12(23)6-21)31-8-20-4-3-14(24)19-17(20)26/h3-4,9,11-13,15-16,21,23,25H,5-8H2,1-2H3,(H,18,22)(H,27,28)(H,29,30)(H,19,24,26)/t9?,11?,12?,13-,15?,16-/m1/s1. The van der Waals surface area contributed by atoms with E-state index in [2.05, 4.69) is 18.7 Å². The fraction of sp³-hybridized carbons (Fsp3) is 0.706. The molecule has 1 fully saturated rings. The van der Waals surface area contributed by atoms with Gasteiger partial charge in [-0.05, 0) is 13.3 Å². The van der Waals surface area contributed by atoms with Crippen LogP contribution in [0.25, 0.3) is 0 Å². The van der Waals surface area contributed by atoms with Crippen LogP contribution < -0.4 is 16.6 Å². The van der Waals surface area contributed by atoms with Gasteiger partial charge in [-0.15, -0.1) is 0 Å². The van der Waals surface area contributed by atoms with Gasteiger partial charge in [-0.1, -0.05) is 0 Å². The van der Waals surface area contributed by atoms with Crippen LogP contribution in [0.15, 0.2) is 21.9 Å². The van der Waals surface area contributed by atoms with Crippen molar-refractivity contribution in [2.75, 3.05) is 13.2 Å². The monoisotopic (exact) mass is 577 g/mol. The molecule has 7 N–H and O–H groups in total. The van der Waals surface area contributed by atoms with Crippen LogP contribution in [0, 0.1) is 0 Å². The number of phosphoric ester groups is 2. The number of rotatable bonds is 13. The quantitative estimate of drug-likeness (QED) is 0.119. The van der Waals surface area contributed by atoms with Gasteiger partial charge in [-0.25, -0.2) is 13.9 Å². The Morgan fingerprint density at radius 3 is 2.59 bits per heavy atom. The van der Waals surface area contributed by atoms with E-state index in [-0.39, 0.29) is 6.42 Å². The molecule has 1 amide bonds. The maximum atomic E-state index is 12.3. The predicted molar refractivity (Wildman–Crippen MR) is 120 cm³/mol. The van der Waals surface area contributed by atoms with E-state index < -0.39 is 89.5 Å². The van der Waals surface area contributed by atoms with Crippen molar-refractivity contribution in [2.45, 2.75) is 63.7 Å². The number of nitrogens with one attached hydrogen (secondary N) is 2. The van der Waals surface area contributed by atoms with Gasteiger partial charge < -0.3 is 39.9 Å². The van der Waals surface area contributed by atoms with E-state index >= 15 is 0 Å². The van der Waals surface area contributed by atoms with E-state index in [1.54, 1.807) is 0 Å². The maximum Gasteiger partial charge on any atom is 0.483 e. The molecule has 0 aliphatic carbocycles. The van der Waals surface area contributed by atoms with Crippen LogP contribution in [0.1, 0.15) is 20.3 Å². The van der Waals surface area contributed by atoms with Crippen molar-refractivity contribution in [1.29, 1.82) is 0 Å². The molecule has 2 heterocycles. The molecule has 8 atom stereocenters. The van der Waals surface area contributed by atoms with Gasteiger partial charge in [0.15, 0.2) is 6.29 Å². The fourth-order valence-corrected chi connectivity index (χ4v) is 5.28. The van der Waals surface area contributed by atoms with E-state index in [4.69, 9.17) is 9.47 Å². The normalized spacial score (nSPS) is 27.0. The van der Waals surface area contributed by atoms with Crippen LogP contribution in [0.3, 0.4) is 0 Å². The first-order valence-corrected chi connectivity index (χ1v) is 13.6. The number of carbonyl (C=O) groups is 1. The smallest absolute Gasteiger partial charge is 0.394 e. The molecule has 1 aliphatic rings. The van der Waals surface area contributed by atoms with Crippen molar-refractivity contribution in [3.8, 4) is 0 Å². The number of H-pyrrole nitrogens is 1. The summed E-state index contributed by atoms with van der Waals surface area (Å²) in [7, 11) is -10.8. The average molecular weight is 577 g/mol. The van der Waals surface area contributed by atoms with Crippen molar-refractivity contribution >= 4 is 21.6 Å². The minimum atomic E-state index is -5.44. The lowest BCUT2D eigenvalue weighted by Gasteiger charge is -2.38. The number of amides is 1. The minimum absolute atomic E-state index is 0.137. The van der Waals surface area contributed by atoms with Crippen molar-refractivity contribution in [3.63, 3.8) is 0 Å². The summed E-state index contributed by atoms with van der Waals surface area (Å²) in [5, 5.41) is 31.8. The third-order valence-corrected chi connectivity index (χ3v) is 7.42. The number of aromatic amines is 1. The summed E-state index contributed by atoms with van der Waals surface area (Å²) >= 11 is 0. The largest absolute Gasteiger partial charge is 0.483 e. The Morgan fingerprint density at radius 1 is 1.32 bits per heavy atom. The third-order valence-electron chi connectivity index (χ3n) is 4.82. The molecule has 6 unspecified atom stereocenters. The SMILES string of the molecule is CC(=O)NC1CC(C)O[C@H](OP(=O)(O)OP(=O)(O)OC[C@@H](OCn2ccc(=O)[nH]c2=O)C(O)CO)C1O. The Balaban J connectivity index is 2.01. The third kappa shape index (κ3) is 10.1. The van der Waals surface area contributed by atoms with E-state index in [0.717, 1.165) is 16.8 Å². The van der Waals surface area contributed by atoms with Gasteiger partial charge in [0.1, 0.15) is 25.0 Å². The molecule has 0 saturated carbocycles. The lowest BCUT2D eigenvalue weighted by molar-refractivity contribution is -0.212. The fourth-order valence-electron chi connectivity index (χ4n) is 3.13. The summed E-state index contributed by atoms with van der Waals surface area (Å²) < 4.78 is 49.3. The molecule has 1 aromatic heterocycles. The topological polar surface area (TPSA) is 265 Å². The number of nitrogens with zero attached hydrogens (tertiary/aromatic N) is 1. The summed E-state index contributed by atoms with van der Waals surface area (Å²) in [6.45, 7) is 0.221. The highest BCUT2D eigenvalue weighted by molar-refractivity contribution is 7.61. The number of hydrogen-bond acceptors (Lipinski definition) is 13. The molecule has 0 aromatic carbocycles.